The molecule has 0 aliphatic heterocycles. The van der Waals surface area contributed by atoms with Gasteiger partial charge in [-0.3, -0.25) is 9.59 Å². The average molecular weight is 638 g/mol. The molecule has 0 aliphatic carbocycles. The molecule has 0 radical (unpaired) electrons. The van der Waals surface area contributed by atoms with Crippen molar-refractivity contribution in [3.63, 3.8) is 0 Å². The Kier molecular flexibility index (Phi) is 10.2. The summed E-state index contributed by atoms with van der Waals surface area (Å²) in [6.07, 6.45) is 4.93. The van der Waals surface area contributed by atoms with Crippen molar-refractivity contribution in [2.24, 2.45) is 0 Å². The van der Waals surface area contributed by atoms with Gasteiger partial charge in [0.1, 0.15) is 6.33 Å². The van der Waals surface area contributed by atoms with Gasteiger partial charge in [0.15, 0.2) is 5.69 Å². The summed E-state index contributed by atoms with van der Waals surface area (Å²) in [7, 11) is 2.59. The minimum absolute atomic E-state index is 0.00716. The monoisotopic (exact) mass is 637 g/mol. The third-order valence-corrected chi connectivity index (χ3v) is 7.22. The Balaban J connectivity index is 1.48. The maximum absolute atomic E-state index is 13.4. The standard InChI is InChI=1S/C33H28ClN7O5/c1-45-31(43)17-22-8-10-23(11-9-22)26-19-28(37-38-32(26)33(44)46-2)27(16-21-6-4-3-5-7-21)36-30(42)15-12-24-18-25(34)13-14-29(24)41-20-35-39-40-41/h3-15,18-20,27H,16-17H2,1-2H3,(H,36,42)/b15-12+/t27-/m0/s1. The lowest BCUT2D eigenvalue weighted by atomic mass is 9.97. The Bertz CT molecular complexity index is 1860. The maximum Gasteiger partial charge on any atom is 0.359 e. The second-order valence-electron chi connectivity index (χ2n) is 10.0. The third-order valence-electron chi connectivity index (χ3n) is 6.99. The van der Waals surface area contributed by atoms with Crippen LogP contribution in [-0.2, 0) is 31.9 Å². The lowest BCUT2D eigenvalue weighted by molar-refractivity contribution is -0.139. The van der Waals surface area contributed by atoms with Crippen LogP contribution in [0.1, 0.15) is 38.9 Å². The number of carbonyl (C=O) groups is 3. The van der Waals surface area contributed by atoms with Gasteiger partial charge in [-0.1, -0.05) is 66.2 Å². The van der Waals surface area contributed by atoms with Crippen LogP contribution >= 0.6 is 11.6 Å². The van der Waals surface area contributed by atoms with Crippen LogP contribution in [0.15, 0.2) is 91.3 Å². The smallest absolute Gasteiger partial charge is 0.359 e. The number of benzene rings is 3. The Labute approximate surface area is 269 Å². The fraction of sp³-hybridized carbons (Fsp3) is 0.152. The number of nitrogens with zero attached hydrogens (tertiary/aromatic N) is 6. The molecule has 232 valence electrons. The molecular formula is C33H28ClN7O5. The number of carbonyl (C=O) groups excluding carboxylic acids is 3. The van der Waals surface area contributed by atoms with E-state index in [2.05, 4.69) is 31.0 Å². The molecule has 2 heterocycles. The van der Waals surface area contributed by atoms with E-state index in [-0.39, 0.29) is 18.1 Å². The molecule has 12 nitrogen and oxygen atoms in total. The van der Waals surface area contributed by atoms with Crippen LogP contribution in [0.4, 0.5) is 0 Å². The first-order chi connectivity index (χ1) is 22.3. The number of amides is 1. The number of methoxy groups -OCH3 is 2. The van der Waals surface area contributed by atoms with Crippen molar-refractivity contribution in [2.45, 2.75) is 18.9 Å². The fourth-order valence-electron chi connectivity index (χ4n) is 4.69. The van der Waals surface area contributed by atoms with Crippen LogP contribution in [0.5, 0.6) is 0 Å². The third kappa shape index (κ3) is 7.85. The minimum Gasteiger partial charge on any atom is -0.469 e. The van der Waals surface area contributed by atoms with Gasteiger partial charge in [-0.2, -0.15) is 9.78 Å². The van der Waals surface area contributed by atoms with E-state index < -0.39 is 17.9 Å². The Hall–Kier alpha value is -5.75. The van der Waals surface area contributed by atoms with Gasteiger partial charge in [-0.25, -0.2) is 4.79 Å². The first-order valence-electron chi connectivity index (χ1n) is 14.0. The van der Waals surface area contributed by atoms with Crippen molar-refractivity contribution in [3.8, 4) is 16.8 Å². The molecular weight excluding hydrogens is 610 g/mol. The van der Waals surface area contributed by atoms with Gasteiger partial charge in [0.25, 0.3) is 0 Å². The van der Waals surface area contributed by atoms with E-state index in [1.54, 1.807) is 54.6 Å². The van der Waals surface area contributed by atoms with Crippen molar-refractivity contribution in [1.29, 1.82) is 0 Å². The van der Waals surface area contributed by atoms with Gasteiger partial charge in [0, 0.05) is 22.2 Å². The summed E-state index contributed by atoms with van der Waals surface area (Å²) >= 11 is 6.23. The number of rotatable bonds is 11. The van der Waals surface area contributed by atoms with Crippen LogP contribution < -0.4 is 5.32 Å². The van der Waals surface area contributed by atoms with E-state index in [1.807, 2.05) is 30.3 Å². The van der Waals surface area contributed by atoms with Crippen molar-refractivity contribution in [2.75, 3.05) is 14.2 Å². The van der Waals surface area contributed by atoms with Gasteiger partial charge < -0.3 is 14.8 Å². The van der Waals surface area contributed by atoms with Gasteiger partial charge >= 0.3 is 11.9 Å². The van der Waals surface area contributed by atoms with Gasteiger partial charge in [-0.05, 0) is 63.9 Å². The summed E-state index contributed by atoms with van der Waals surface area (Å²) in [6, 6.07) is 22.9. The lowest BCUT2D eigenvalue weighted by Gasteiger charge is -2.19. The van der Waals surface area contributed by atoms with E-state index in [4.69, 9.17) is 21.1 Å². The topological polar surface area (TPSA) is 151 Å². The highest BCUT2D eigenvalue weighted by molar-refractivity contribution is 6.30. The molecule has 0 spiro atoms. The Morgan fingerprint density at radius 1 is 0.935 bits per heavy atom. The number of tetrazole rings is 1. The number of esters is 2. The number of aromatic nitrogens is 6. The SMILES string of the molecule is COC(=O)Cc1ccc(-c2cc([C@H](Cc3ccccc3)NC(=O)/C=C/c3cc(Cl)ccc3-n3cnnn3)nnc2C(=O)OC)cc1. The molecule has 5 rings (SSSR count). The predicted molar refractivity (Wildman–Crippen MR) is 169 cm³/mol. The van der Waals surface area contributed by atoms with E-state index in [9.17, 15) is 14.4 Å². The van der Waals surface area contributed by atoms with Gasteiger partial charge in [0.05, 0.1) is 38.1 Å². The van der Waals surface area contributed by atoms with E-state index >= 15 is 0 Å². The van der Waals surface area contributed by atoms with Gasteiger partial charge in [0.2, 0.25) is 5.91 Å². The summed E-state index contributed by atoms with van der Waals surface area (Å²) in [6.45, 7) is 0. The zero-order valence-electron chi connectivity index (χ0n) is 24.8. The molecule has 0 bridgehead atoms. The molecule has 0 saturated carbocycles. The highest BCUT2D eigenvalue weighted by atomic mass is 35.5. The van der Waals surface area contributed by atoms with E-state index in [0.29, 0.717) is 39.5 Å². The van der Waals surface area contributed by atoms with Crippen LogP contribution in [0.25, 0.3) is 22.9 Å². The van der Waals surface area contributed by atoms with Crippen molar-refractivity contribution >= 4 is 35.5 Å². The molecule has 1 amide bonds. The molecule has 1 atom stereocenters. The van der Waals surface area contributed by atoms with Crippen LogP contribution in [0.2, 0.25) is 5.02 Å². The van der Waals surface area contributed by atoms with Crippen molar-refractivity contribution in [1.82, 2.24) is 35.7 Å². The summed E-state index contributed by atoms with van der Waals surface area (Å²) in [5, 5.41) is 23.3. The molecule has 5 aromatic rings. The summed E-state index contributed by atoms with van der Waals surface area (Å²) in [5.74, 6) is -1.44. The predicted octanol–water partition coefficient (Wildman–Crippen LogP) is 4.39. The van der Waals surface area contributed by atoms with E-state index in [0.717, 1.165) is 11.1 Å². The van der Waals surface area contributed by atoms with Crippen molar-refractivity contribution in [3.05, 3.63) is 124 Å². The van der Waals surface area contributed by atoms with Gasteiger partial charge in [-0.15, -0.1) is 10.2 Å². The van der Waals surface area contributed by atoms with Crippen LogP contribution in [-0.4, -0.2) is 62.5 Å². The van der Waals surface area contributed by atoms with Crippen LogP contribution in [0.3, 0.4) is 0 Å². The van der Waals surface area contributed by atoms with Crippen LogP contribution in [0, 0.1) is 0 Å². The number of halogens is 1. The number of ether oxygens (including phenoxy) is 2. The zero-order valence-corrected chi connectivity index (χ0v) is 25.6. The van der Waals surface area contributed by atoms with E-state index in [1.165, 1.54) is 31.3 Å². The number of hydrogen-bond acceptors (Lipinski definition) is 10. The zero-order chi connectivity index (χ0) is 32.5. The molecule has 1 N–H and O–H groups in total. The summed E-state index contributed by atoms with van der Waals surface area (Å²) < 4.78 is 11.2. The number of hydrogen-bond donors (Lipinski definition) is 1. The summed E-state index contributed by atoms with van der Waals surface area (Å²) in [4.78, 5) is 37.8. The largest absolute Gasteiger partial charge is 0.469 e. The molecule has 3 aromatic carbocycles. The summed E-state index contributed by atoms with van der Waals surface area (Å²) in [5.41, 5.74) is 4.46. The highest BCUT2D eigenvalue weighted by Crippen LogP contribution is 2.28. The molecule has 0 fully saturated rings. The molecule has 0 aliphatic rings. The molecule has 2 aromatic heterocycles. The lowest BCUT2D eigenvalue weighted by Crippen LogP contribution is -2.29. The molecule has 0 unspecified atom stereocenters. The second-order valence-corrected chi connectivity index (χ2v) is 10.5. The highest BCUT2D eigenvalue weighted by Gasteiger charge is 2.23. The normalized spacial score (nSPS) is 11.6. The van der Waals surface area contributed by atoms with Crippen molar-refractivity contribution < 1.29 is 23.9 Å². The first-order valence-corrected chi connectivity index (χ1v) is 14.4. The molecule has 0 saturated heterocycles. The average Bonchev–Trinajstić information content (AvgIpc) is 3.62. The maximum atomic E-state index is 13.4. The second kappa shape index (κ2) is 14.8. The molecule has 46 heavy (non-hydrogen) atoms. The quantitative estimate of drug-likeness (QED) is 0.163. The Morgan fingerprint density at radius 3 is 2.41 bits per heavy atom. The Morgan fingerprint density at radius 2 is 1.72 bits per heavy atom. The fourth-order valence-corrected chi connectivity index (χ4v) is 4.87. The molecule has 13 heteroatoms. The first kappa shape index (κ1) is 31.7. The number of nitrogens with one attached hydrogen (secondary N) is 1. The minimum atomic E-state index is -0.667.